The lowest BCUT2D eigenvalue weighted by atomic mass is 10.1. The molecule has 0 atom stereocenters. The van der Waals surface area contributed by atoms with Gasteiger partial charge in [0.25, 0.3) is 0 Å². The van der Waals surface area contributed by atoms with Gasteiger partial charge in [0.1, 0.15) is 12.4 Å². The molecule has 5 heteroatoms. The minimum atomic E-state index is -0.520. The number of rotatable bonds is 4. The summed E-state index contributed by atoms with van der Waals surface area (Å²) in [6.45, 7) is 1.24. The van der Waals surface area contributed by atoms with Gasteiger partial charge in [-0.05, 0) is 25.1 Å². The quantitative estimate of drug-likeness (QED) is 0.624. The smallest absolute Gasteiger partial charge is 0.325 e. The van der Waals surface area contributed by atoms with Crippen molar-refractivity contribution in [3.8, 4) is 0 Å². The Bertz CT molecular complexity index is 418. The molecule has 1 N–H and O–H groups in total. The standard InChI is InChI=1S/C11H12FNO3/c1-7(14)8-3-4-9(12)10(5-8)13-6-11(15)16-2/h3-5,13H,6H2,1-2H3. The molecule has 0 saturated carbocycles. The van der Waals surface area contributed by atoms with Gasteiger partial charge >= 0.3 is 5.97 Å². The maximum atomic E-state index is 13.3. The second-order valence-electron chi connectivity index (χ2n) is 3.18. The molecule has 0 amide bonds. The number of anilines is 1. The van der Waals surface area contributed by atoms with Crippen LogP contribution >= 0.6 is 0 Å². The summed E-state index contributed by atoms with van der Waals surface area (Å²) < 4.78 is 17.7. The summed E-state index contributed by atoms with van der Waals surface area (Å²) in [5.74, 6) is -1.19. The van der Waals surface area contributed by atoms with E-state index in [0.29, 0.717) is 5.56 Å². The first-order chi connectivity index (χ1) is 7.54. The molecule has 1 aromatic carbocycles. The molecular formula is C11H12FNO3. The van der Waals surface area contributed by atoms with Crippen molar-refractivity contribution in [2.45, 2.75) is 6.92 Å². The summed E-state index contributed by atoms with van der Waals surface area (Å²) in [5, 5.41) is 2.56. The van der Waals surface area contributed by atoms with Crippen molar-refractivity contribution in [3.05, 3.63) is 29.6 Å². The number of hydrogen-bond acceptors (Lipinski definition) is 4. The Morgan fingerprint density at radius 1 is 1.44 bits per heavy atom. The van der Waals surface area contributed by atoms with E-state index in [-0.39, 0.29) is 18.0 Å². The Kier molecular flexibility index (Phi) is 3.99. The van der Waals surface area contributed by atoms with E-state index in [9.17, 15) is 14.0 Å². The summed E-state index contributed by atoms with van der Waals surface area (Å²) in [6.07, 6.45) is 0. The van der Waals surface area contributed by atoms with Crippen molar-refractivity contribution in [1.29, 1.82) is 0 Å². The molecule has 0 radical (unpaired) electrons. The van der Waals surface area contributed by atoms with Crippen LogP contribution < -0.4 is 5.32 Å². The summed E-state index contributed by atoms with van der Waals surface area (Å²) >= 11 is 0. The Morgan fingerprint density at radius 2 is 2.12 bits per heavy atom. The number of benzene rings is 1. The molecule has 4 nitrogen and oxygen atoms in total. The van der Waals surface area contributed by atoms with Crippen LogP contribution in [0.15, 0.2) is 18.2 Å². The molecule has 0 spiro atoms. The predicted molar refractivity (Wildman–Crippen MR) is 56.9 cm³/mol. The van der Waals surface area contributed by atoms with Crippen molar-refractivity contribution < 1.29 is 18.7 Å². The van der Waals surface area contributed by atoms with Crippen molar-refractivity contribution in [2.24, 2.45) is 0 Å². The summed E-state index contributed by atoms with van der Waals surface area (Å²) in [4.78, 5) is 21.9. The lowest BCUT2D eigenvalue weighted by Gasteiger charge is -2.07. The van der Waals surface area contributed by atoms with Gasteiger partial charge in [-0.15, -0.1) is 0 Å². The Balaban J connectivity index is 2.82. The monoisotopic (exact) mass is 225 g/mol. The molecule has 1 aromatic rings. The van der Waals surface area contributed by atoms with Crippen LogP contribution in [0, 0.1) is 5.82 Å². The van der Waals surface area contributed by atoms with E-state index >= 15 is 0 Å². The van der Waals surface area contributed by atoms with Crippen molar-refractivity contribution in [1.82, 2.24) is 0 Å². The summed E-state index contributed by atoms with van der Waals surface area (Å²) in [6, 6.07) is 3.93. The lowest BCUT2D eigenvalue weighted by Crippen LogP contribution is -2.16. The van der Waals surface area contributed by atoms with Gasteiger partial charge in [-0.2, -0.15) is 0 Å². The number of carbonyl (C=O) groups excluding carboxylic acids is 2. The fourth-order valence-electron chi connectivity index (χ4n) is 1.12. The molecule has 0 unspecified atom stereocenters. The van der Waals surface area contributed by atoms with Gasteiger partial charge in [-0.1, -0.05) is 0 Å². The topological polar surface area (TPSA) is 55.4 Å². The maximum Gasteiger partial charge on any atom is 0.325 e. The molecule has 0 bridgehead atoms. The van der Waals surface area contributed by atoms with Crippen LogP contribution in [0.1, 0.15) is 17.3 Å². The van der Waals surface area contributed by atoms with Crippen molar-refractivity contribution in [2.75, 3.05) is 19.0 Å². The van der Waals surface area contributed by atoms with Gasteiger partial charge in [0.2, 0.25) is 0 Å². The maximum absolute atomic E-state index is 13.3. The third-order valence-electron chi connectivity index (χ3n) is 2.02. The highest BCUT2D eigenvalue weighted by molar-refractivity contribution is 5.95. The van der Waals surface area contributed by atoms with Gasteiger partial charge < -0.3 is 10.1 Å². The van der Waals surface area contributed by atoms with Crippen LogP contribution in [-0.4, -0.2) is 25.4 Å². The minimum Gasteiger partial charge on any atom is -0.468 e. The van der Waals surface area contributed by atoms with E-state index in [0.717, 1.165) is 0 Å². The molecule has 0 aliphatic heterocycles. The highest BCUT2D eigenvalue weighted by Gasteiger charge is 2.07. The Morgan fingerprint density at radius 3 is 2.69 bits per heavy atom. The van der Waals surface area contributed by atoms with Crippen LogP contribution in [0.2, 0.25) is 0 Å². The number of methoxy groups -OCH3 is 1. The van der Waals surface area contributed by atoms with Crippen LogP contribution in [-0.2, 0) is 9.53 Å². The molecule has 0 heterocycles. The van der Waals surface area contributed by atoms with Gasteiger partial charge in [-0.25, -0.2) is 4.39 Å². The van der Waals surface area contributed by atoms with Gasteiger partial charge in [0.05, 0.1) is 12.8 Å². The zero-order valence-electron chi connectivity index (χ0n) is 9.04. The number of ketones is 1. The van der Waals surface area contributed by atoms with E-state index in [1.807, 2.05) is 0 Å². The zero-order chi connectivity index (χ0) is 12.1. The summed E-state index contributed by atoms with van der Waals surface area (Å²) in [7, 11) is 1.24. The first-order valence-corrected chi connectivity index (χ1v) is 4.65. The zero-order valence-corrected chi connectivity index (χ0v) is 9.04. The Hall–Kier alpha value is -1.91. The number of esters is 1. The average molecular weight is 225 g/mol. The number of carbonyl (C=O) groups is 2. The summed E-state index contributed by atoms with van der Waals surface area (Å²) in [5.41, 5.74) is 0.492. The Labute approximate surface area is 92.4 Å². The first kappa shape index (κ1) is 12.2. The van der Waals surface area contributed by atoms with Crippen LogP contribution in [0.25, 0.3) is 0 Å². The molecule has 0 aliphatic rings. The third-order valence-corrected chi connectivity index (χ3v) is 2.02. The highest BCUT2D eigenvalue weighted by Crippen LogP contribution is 2.16. The molecule has 0 aliphatic carbocycles. The predicted octanol–water partition coefficient (Wildman–Crippen LogP) is 1.61. The van der Waals surface area contributed by atoms with E-state index in [4.69, 9.17) is 0 Å². The van der Waals surface area contributed by atoms with Crippen molar-refractivity contribution in [3.63, 3.8) is 0 Å². The van der Waals surface area contributed by atoms with E-state index < -0.39 is 11.8 Å². The fourth-order valence-corrected chi connectivity index (χ4v) is 1.12. The molecule has 0 fully saturated rings. The number of ether oxygens (including phenoxy) is 1. The average Bonchev–Trinajstić information content (AvgIpc) is 2.27. The molecular weight excluding hydrogens is 213 g/mol. The second kappa shape index (κ2) is 5.25. The first-order valence-electron chi connectivity index (χ1n) is 4.65. The number of halogens is 1. The number of Topliss-reactive ketones (excluding diaryl/α,β-unsaturated/α-hetero) is 1. The van der Waals surface area contributed by atoms with Gasteiger partial charge in [-0.3, -0.25) is 9.59 Å². The molecule has 86 valence electrons. The highest BCUT2D eigenvalue weighted by atomic mass is 19.1. The van der Waals surface area contributed by atoms with E-state index in [2.05, 4.69) is 10.1 Å². The fraction of sp³-hybridized carbons (Fsp3) is 0.273. The van der Waals surface area contributed by atoms with Gasteiger partial charge in [0.15, 0.2) is 5.78 Å². The molecule has 16 heavy (non-hydrogen) atoms. The largest absolute Gasteiger partial charge is 0.468 e. The van der Waals surface area contributed by atoms with E-state index in [1.54, 1.807) is 0 Å². The number of nitrogens with one attached hydrogen (secondary N) is 1. The third kappa shape index (κ3) is 3.05. The molecule has 0 aromatic heterocycles. The van der Waals surface area contributed by atoms with Crippen LogP contribution in [0.5, 0.6) is 0 Å². The van der Waals surface area contributed by atoms with Crippen LogP contribution in [0.3, 0.4) is 0 Å². The normalized spacial score (nSPS) is 9.69. The van der Waals surface area contributed by atoms with Crippen molar-refractivity contribution >= 4 is 17.4 Å². The second-order valence-corrected chi connectivity index (χ2v) is 3.18. The van der Waals surface area contributed by atoms with E-state index in [1.165, 1.54) is 32.2 Å². The van der Waals surface area contributed by atoms with Crippen LogP contribution in [0.4, 0.5) is 10.1 Å². The minimum absolute atomic E-state index is 0.109. The lowest BCUT2D eigenvalue weighted by molar-refractivity contribution is -0.138. The molecule has 0 saturated heterocycles. The molecule has 1 rings (SSSR count). The SMILES string of the molecule is COC(=O)CNc1cc(C(C)=O)ccc1F. The number of hydrogen-bond donors (Lipinski definition) is 1. The van der Waals surface area contributed by atoms with Gasteiger partial charge in [0, 0.05) is 5.56 Å².